The molecule has 4 unspecified atom stereocenters. The first kappa shape index (κ1) is 32.8. The third-order valence-electron chi connectivity index (χ3n) is 7.32. The minimum absolute atomic E-state index is 0.112. The zero-order chi connectivity index (χ0) is 30.8. The first-order chi connectivity index (χ1) is 20.2. The van der Waals surface area contributed by atoms with E-state index < -0.39 is 25.4 Å². The number of methoxy groups -OCH3 is 3. The van der Waals surface area contributed by atoms with Gasteiger partial charge in [0.2, 0.25) is 5.75 Å². The van der Waals surface area contributed by atoms with Gasteiger partial charge in [-0.2, -0.15) is 0 Å². The summed E-state index contributed by atoms with van der Waals surface area (Å²) in [6.45, 7) is -1.34. The van der Waals surface area contributed by atoms with E-state index in [0.29, 0.717) is 24.2 Å². The number of aliphatic hydroxyl groups excluding tert-OH is 5. The Labute approximate surface area is 244 Å². The number of phenols is 2. The Morgan fingerprint density at radius 3 is 1.74 bits per heavy atom. The molecule has 3 aromatic rings. The molecule has 0 saturated heterocycles. The highest BCUT2D eigenvalue weighted by molar-refractivity contribution is 5.53. The maximum atomic E-state index is 10.8. The SMILES string of the molecule is COc1cc(CC(CO)C(CO)Cc2cc(OC)c(O)c(OC)c2)ccc1OC(CO)C(O)c1ccc(O)c(CO)c1. The van der Waals surface area contributed by atoms with Crippen molar-refractivity contribution in [3.63, 3.8) is 0 Å². The van der Waals surface area contributed by atoms with E-state index in [1.807, 2.05) is 0 Å². The van der Waals surface area contributed by atoms with Gasteiger partial charge in [-0.25, -0.2) is 0 Å². The van der Waals surface area contributed by atoms with E-state index in [-0.39, 0.29) is 59.4 Å². The lowest BCUT2D eigenvalue weighted by molar-refractivity contribution is -0.000510. The first-order valence-electron chi connectivity index (χ1n) is 13.4. The van der Waals surface area contributed by atoms with Crippen LogP contribution >= 0.6 is 0 Å². The molecule has 0 radical (unpaired) electrons. The fourth-order valence-corrected chi connectivity index (χ4v) is 4.86. The van der Waals surface area contributed by atoms with Crippen molar-refractivity contribution in [3.8, 4) is 34.5 Å². The molecule has 0 heterocycles. The highest BCUT2D eigenvalue weighted by Gasteiger charge is 2.26. The zero-order valence-electron chi connectivity index (χ0n) is 23.9. The molecule has 230 valence electrons. The standard InChI is InChI=1S/C31H40O11/c1-39-26-10-18(4-7-25(26)42-29(17-35)30(37)20-5-6-24(36)23(13-20)16-34)8-21(14-32)22(15-33)9-19-11-27(40-2)31(38)28(12-19)41-3/h4-7,10-13,21-22,29-30,32-38H,8-9,14-17H2,1-3H3. The van der Waals surface area contributed by atoms with Crippen LogP contribution in [-0.4, -0.2) is 83.0 Å². The first-order valence-corrected chi connectivity index (χ1v) is 13.4. The van der Waals surface area contributed by atoms with Crippen LogP contribution in [0.3, 0.4) is 0 Å². The number of aliphatic hydroxyl groups is 5. The lowest BCUT2D eigenvalue weighted by atomic mass is 9.83. The summed E-state index contributed by atoms with van der Waals surface area (Å²) in [4.78, 5) is 0. The third-order valence-corrected chi connectivity index (χ3v) is 7.32. The van der Waals surface area contributed by atoms with Gasteiger partial charge in [-0.1, -0.05) is 12.1 Å². The van der Waals surface area contributed by atoms with Crippen LogP contribution < -0.4 is 18.9 Å². The van der Waals surface area contributed by atoms with Crippen LogP contribution in [0, 0.1) is 11.8 Å². The van der Waals surface area contributed by atoms with Crippen molar-refractivity contribution in [2.24, 2.45) is 11.8 Å². The number of hydrogen-bond acceptors (Lipinski definition) is 11. The molecule has 0 spiro atoms. The van der Waals surface area contributed by atoms with Crippen molar-refractivity contribution >= 4 is 0 Å². The number of rotatable bonds is 16. The van der Waals surface area contributed by atoms with E-state index in [9.17, 15) is 35.7 Å². The summed E-state index contributed by atoms with van der Waals surface area (Å²) in [6.07, 6.45) is -1.57. The molecule has 0 aromatic heterocycles. The number of aromatic hydroxyl groups is 2. The molecule has 0 saturated carbocycles. The lowest BCUT2D eigenvalue weighted by Gasteiger charge is -2.26. The number of ether oxygens (including phenoxy) is 4. The molecule has 3 aromatic carbocycles. The van der Waals surface area contributed by atoms with E-state index in [1.54, 1.807) is 30.3 Å². The molecule has 0 aliphatic rings. The molecule has 4 atom stereocenters. The van der Waals surface area contributed by atoms with Gasteiger partial charge in [-0.05, 0) is 77.8 Å². The Hall–Kier alpha value is -3.74. The van der Waals surface area contributed by atoms with Crippen molar-refractivity contribution in [2.75, 3.05) is 41.2 Å². The van der Waals surface area contributed by atoms with E-state index in [2.05, 4.69) is 0 Å². The molecule has 42 heavy (non-hydrogen) atoms. The van der Waals surface area contributed by atoms with Gasteiger partial charge in [-0.3, -0.25) is 0 Å². The van der Waals surface area contributed by atoms with E-state index in [1.165, 1.54) is 39.5 Å². The summed E-state index contributed by atoms with van der Waals surface area (Å²) in [5, 5.41) is 70.7. The van der Waals surface area contributed by atoms with Crippen LogP contribution in [-0.2, 0) is 19.4 Å². The smallest absolute Gasteiger partial charge is 0.200 e. The maximum absolute atomic E-state index is 10.8. The normalized spacial score (nSPS) is 14.1. The number of phenolic OH excluding ortho intramolecular Hbond substituents is 1. The van der Waals surface area contributed by atoms with Crippen LogP contribution in [0.5, 0.6) is 34.5 Å². The second-order valence-corrected chi connectivity index (χ2v) is 9.96. The minimum atomic E-state index is -1.27. The second kappa shape index (κ2) is 15.5. The third kappa shape index (κ3) is 7.75. The predicted molar refractivity (Wildman–Crippen MR) is 153 cm³/mol. The molecule has 0 fully saturated rings. The fourth-order valence-electron chi connectivity index (χ4n) is 4.86. The highest BCUT2D eigenvalue weighted by atomic mass is 16.5. The van der Waals surface area contributed by atoms with Gasteiger partial charge in [0.15, 0.2) is 29.1 Å². The molecule has 3 rings (SSSR count). The van der Waals surface area contributed by atoms with Gasteiger partial charge in [-0.15, -0.1) is 0 Å². The zero-order valence-corrected chi connectivity index (χ0v) is 23.9. The largest absolute Gasteiger partial charge is 0.508 e. The van der Waals surface area contributed by atoms with Crippen LogP contribution in [0.4, 0.5) is 0 Å². The molecule has 0 aliphatic carbocycles. The van der Waals surface area contributed by atoms with Gasteiger partial charge in [0.05, 0.1) is 34.5 Å². The van der Waals surface area contributed by atoms with E-state index in [4.69, 9.17) is 18.9 Å². The lowest BCUT2D eigenvalue weighted by Crippen LogP contribution is -2.29. The molecule has 11 heteroatoms. The van der Waals surface area contributed by atoms with Crippen LogP contribution in [0.25, 0.3) is 0 Å². The van der Waals surface area contributed by atoms with Crippen molar-refractivity contribution in [2.45, 2.75) is 31.7 Å². The molecule has 11 nitrogen and oxygen atoms in total. The maximum Gasteiger partial charge on any atom is 0.200 e. The minimum Gasteiger partial charge on any atom is -0.508 e. The molecule has 0 amide bonds. The van der Waals surface area contributed by atoms with Crippen molar-refractivity contribution in [1.29, 1.82) is 0 Å². The molecular weight excluding hydrogens is 548 g/mol. The van der Waals surface area contributed by atoms with Crippen molar-refractivity contribution in [1.82, 2.24) is 0 Å². The van der Waals surface area contributed by atoms with Gasteiger partial charge < -0.3 is 54.7 Å². The van der Waals surface area contributed by atoms with Crippen molar-refractivity contribution in [3.05, 3.63) is 70.8 Å². The molecule has 0 bridgehead atoms. The van der Waals surface area contributed by atoms with Gasteiger partial charge in [0.1, 0.15) is 11.9 Å². The van der Waals surface area contributed by atoms with Crippen LogP contribution in [0.15, 0.2) is 48.5 Å². The summed E-state index contributed by atoms with van der Waals surface area (Å²) in [5.41, 5.74) is 2.13. The fraction of sp³-hybridized carbons (Fsp3) is 0.419. The average Bonchev–Trinajstić information content (AvgIpc) is 3.02. The van der Waals surface area contributed by atoms with Crippen molar-refractivity contribution < 1.29 is 54.7 Å². The second-order valence-electron chi connectivity index (χ2n) is 9.96. The summed E-state index contributed by atoms with van der Waals surface area (Å²) >= 11 is 0. The Kier molecular flexibility index (Phi) is 12.1. The summed E-state index contributed by atoms with van der Waals surface area (Å²) in [7, 11) is 4.32. The highest BCUT2D eigenvalue weighted by Crippen LogP contribution is 2.39. The number of hydrogen-bond donors (Lipinski definition) is 7. The Balaban J connectivity index is 1.78. The van der Waals surface area contributed by atoms with Crippen LogP contribution in [0.1, 0.15) is 28.4 Å². The Morgan fingerprint density at radius 2 is 1.21 bits per heavy atom. The Bertz CT molecular complexity index is 1270. The Morgan fingerprint density at radius 1 is 0.643 bits per heavy atom. The van der Waals surface area contributed by atoms with Crippen LogP contribution in [0.2, 0.25) is 0 Å². The van der Waals surface area contributed by atoms with Gasteiger partial charge in [0.25, 0.3) is 0 Å². The topological polar surface area (TPSA) is 179 Å². The summed E-state index contributed by atoms with van der Waals surface area (Å²) in [6, 6.07) is 12.7. The average molecular weight is 589 g/mol. The van der Waals surface area contributed by atoms with E-state index in [0.717, 1.165) is 11.1 Å². The molecule has 7 N–H and O–H groups in total. The van der Waals surface area contributed by atoms with Gasteiger partial charge in [0, 0.05) is 18.8 Å². The predicted octanol–water partition coefficient (Wildman–Crippen LogP) is 2.09. The monoisotopic (exact) mass is 588 g/mol. The number of benzene rings is 3. The summed E-state index contributed by atoms with van der Waals surface area (Å²) in [5.74, 6) is 0.192. The summed E-state index contributed by atoms with van der Waals surface area (Å²) < 4.78 is 21.9. The molecule has 0 aliphatic heterocycles. The quantitative estimate of drug-likeness (QED) is 0.130. The van der Waals surface area contributed by atoms with E-state index >= 15 is 0 Å². The van der Waals surface area contributed by atoms with Gasteiger partial charge >= 0.3 is 0 Å². The molecular formula is C31H40O11.